The molecule has 0 heterocycles. The highest BCUT2D eigenvalue weighted by Gasteiger charge is 2.09. The minimum absolute atomic E-state index is 0.0188. The molecule has 0 spiro atoms. The molecule has 0 radical (unpaired) electrons. The van der Waals surface area contributed by atoms with Gasteiger partial charge in [-0.2, -0.15) is 0 Å². The van der Waals surface area contributed by atoms with Gasteiger partial charge in [0.05, 0.1) is 6.61 Å². The van der Waals surface area contributed by atoms with Crippen molar-refractivity contribution in [3.05, 3.63) is 29.8 Å². The molecule has 1 amide bonds. The molecular weight excluding hydrogens is 240 g/mol. The van der Waals surface area contributed by atoms with Gasteiger partial charge in [-0.25, -0.2) is 0 Å². The number of amides is 1. The number of benzene rings is 1. The molecule has 1 rings (SSSR count). The predicted octanol–water partition coefficient (Wildman–Crippen LogP) is 2.66. The Morgan fingerprint density at radius 2 is 1.95 bits per heavy atom. The normalized spacial score (nSPS) is 11.9. The first-order chi connectivity index (χ1) is 9.17. The van der Waals surface area contributed by atoms with Gasteiger partial charge in [-0.3, -0.25) is 4.79 Å². The molecule has 0 fully saturated rings. The minimum Gasteiger partial charge on any atom is -0.385 e. The summed E-state index contributed by atoms with van der Waals surface area (Å²) in [5.41, 5.74) is 1.71. The Bertz CT molecular complexity index is 376. The van der Waals surface area contributed by atoms with Crippen molar-refractivity contribution in [3.63, 3.8) is 0 Å². The maximum Gasteiger partial charge on any atom is 0.251 e. The number of carbonyl (C=O) groups excluding carboxylic acids is 1. The SMILES string of the molecule is CCCNc1ccc(C(=O)NC(C)COCC)cc1. The molecule has 0 aliphatic carbocycles. The quantitative estimate of drug-likeness (QED) is 0.759. The van der Waals surface area contributed by atoms with Crippen LogP contribution in [0.3, 0.4) is 0 Å². The summed E-state index contributed by atoms with van der Waals surface area (Å²) in [5, 5.41) is 6.19. The third kappa shape index (κ3) is 5.75. The number of nitrogens with one attached hydrogen (secondary N) is 2. The first kappa shape index (κ1) is 15.5. The average Bonchev–Trinajstić information content (AvgIpc) is 2.43. The maximum absolute atomic E-state index is 12.0. The molecule has 0 bridgehead atoms. The van der Waals surface area contributed by atoms with E-state index in [1.807, 2.05) is 38.1 Å². The first-order valence-corrected chi connectivity index (χ1v) is 6.89. The minimum atomic E-state index is -0.0609. The molecule has 0 saturated heterocycles. The highest BCUT2D eigenvalue weighted by atomic mass is 16.5. The molecule has 4 nitrogen and oxygen atoms in total. The van der Waals surface area contributed by atoms with Crippen LogP contribution in [0.4, 0.5) is 5.69 Å². The molecule has 106 valence electrons. The molecule has 19 heavy (non-hydrogen) atoms. The molecule has 0 aliphatic heterocycles. The molecule has 0 aliphatic rings. The van der Waals surface area contributed by atoms with Crippen LogP contribution in [0.1, 0.15) is 37.6 Å². The molecule has 1 aromatic carbocycles. The predicted molar refractivity (Wildman–Crippen MR) is 78.6 cm³/mol. The van der Waals surface area contributed by atoms with E-state index in [1.165, 1.54) is 0 Å². The van der Waals surface area contributed by atoms with E-state index in [2.05, 4.69) is 17.6 Å². The largest absolute Gasteiger partial charge is 0.385 e. The van der Waals surface area contributed by atoms with E-state index in [4.69, 9.17) is 4.74 Å². The zero-order valence-electron chi connectivity index (χ0n) is 12.0. The zero-order valence-corrected chi connectivity index (χ0v) is 12.0. The van der Waals surface area contributed by atoms with Crippen molar-refractivity contribution >= 4 is 11.6 Å². The first-order valence-electron chi connectivity index (χ1n) is 6.89. The summed E-state index contributed by atoms with van der Waals surface area (Å²) < 4.78 is 5.27. The van der Waals surface area contributed by atoms with Crippen molar-refractivity contribution in [2.24, 2.45) is 0 Å². The third-order valence-electron chi connectivity index (χ3n) is 2.68. The number of anilines is 1. The molecule has 1 unspecified atom stereocenters. The van der Waals surface area contributed by atoms with Gasteiger partial charge < -0.3 is 15.4 Å². The zero-order chi connectivity index (χ0) is 14.1. The highest BCUT2D eigenvalue weighted by Crippen LogP contribution is 2.09. The molecule has 0 saturated carbocycles. The molecular formula is C15H24N2O2. The molecule has 1 aromatic rings. The van der Waals surface area contributed by atoms with E-state index in [0.717, 1.165) is 18.7 Å². The lowest BCUT2D eigenvalue weighted by Crippen LogP contribution is -2.35. The Kier molecular flexibility index (Phi) is 6.97. The van der Waals surface area contributed by atoms with Crippen LogP contribution >= 0.6 is 0 Å². The van der Waals surface area contributed by atoms with Crippen LogP contribution in [0.15, 0.2) is 24.3 Å². The molecule has 0 aromatic heterocycles. The topological polar surface area (TPSA) is 50.4 Å². The summed E-state index contributed by atoms with van der Waals surface area (Å²) >= 11 is 0. The van der Waals surface area contributed by atoms with Crippen LogP contribution < -0.4 is 10.6 Å². The van der Waals surface area contributed by atoms with Crippen molar-refractivity contribution in [2.45, 2.75) is 33.2 Å². The number of rotatable bonds is 8. The van der Waals surface area contributed by atoms with E-state index < -0.39 is 0 Å². The summed E-state index contributed by atoms with van der Waals surface area (Å²) in [4.78, 5) is 12.0. The van der Waals surface area contributed by atoms with E-state index in [0.29, 0.717) is 18.8 Å². The van der Waals surface area contributed by atoms with Crippen LogP contribution in [0, 0.1) is 0 Å². The van der Waals surface area contributed by atoms with Crippen LogP contribution in [0.2, 0.25) is 0 Å². The maximum atomic E-state index is 12.0. The summed E-state index contributed by atoms with van der Waals surface area (Å²) in [6.07, 6.45) is 1.08. The molecule has 4 heteroatoms. The second-order valence-corrected chi connectivity index (χ2v) is 4.54. The van der Waals surface area contributed by atoms with Gasteiger partial charge in [0.15, 0.2) is 0 Å². The van der Waals surface area contributed by atoms with E-state index in [-0.39, 0.29) is 11.9 Å². The molecule has 1 atom stereocenters. The Morgan fingerprint density at radius 3 is 2.53 bits per heavy atom. The Hall–Kier alpha value is -1.55. The third-order valence-corrected chi connectivity index (χ3v) is 2.68. The van der Waals surface area contributed by atoms with E-state index >= 15 is 0 Å². The fourth-order valence-corrected chi connectivity index (χ4v) is 1.65. The van der Waals surface area contributed by atoms with Crippen LogP contribution in [0.5, 0.6) is 0 Å². The van der Waals surface area contributed by atoms with Crippen molar-refractivity contribution in [3.8, 4) is 0 Å². The van der Waals surface area contributed by atoms with Crippen molar-refractivity contribution in [1.82, 2.24) is 5.32 Å². The van der Waals surface area contributed by atoms with Crippen LogP contribution in [0.25, 0.3) is 0 Å². The van der Waals surface area contributed by atoms with Crippen molar-refractivity contribution in [1.29, 1.82) is 0 Å². The molecule has 2 N–H and O–H groups in total. The van der Waals surface area contributed by atoms with Gasteiger partial charge in [0, 0.05) is 30.4 Å². The van der Waals surface area contributed by atoms with Gasteiger partial charge in [-0.15, -0.1) is 0 Å². The van der Waals surface area contributed by atoms with Crippen LogP contribution in [-0.4, -0.2) is 31.7 Å². The second-order valence-electron chi connectivity index (χ2n) is 4.54. The summed E-state index contributed by atoms with van der Waals surface area (Å²) in [7, 11) is 0. The van der Waals surface area contributed by atoms with Crippen LogP contribution in [-0.2, 0) is 4.74 Å². The number of hydrogen-bond acceptors (Lipinski definition) is 3. The van der Waals surface area contributed by atoms with Crippen molar-refractivity contribution in [2.75, 3.05) is 25.1 Å². The fourth-order valence-electron chi connectivity index (χ4n) is 1.65. The standard InChI is InChI=1S/C15H24N2O2/c1-4-10-16-14-8-6-13(7-9-14)15(18)17-12(3)11-19-5-2/h6-9,12,16H,4-5,10-11H2,1-3H3,(H,17,18). The second kappa shape index (κ2) is 8.53. The number of carbonyl (C=O) groups is 1. The van der Waals surface area contributed by atoms with Gasteiger partial charge in [0.2, 0.25) is 0 Å². The van der Waals surface area contributed by atoms with Gasteiger partial charge in [0.25, 0.3) is 5.91 Å². The lowest BCUT2D eigenvalue weighted by Gasteiger charge is -2.14. The Labute approximate surface area is 115 Å². The van der Waals surface area contributed by atoms with E-state index in [1.54, 1.807) is 0 Å². The monoisotopic (exact) mass is 264 g/mol. The van der Waals surface area contributed by atoms with Gasteiger partial charge in [-0.05, 0) is 44.5 Å². The summed E-state index contributed by atoms with van der Waals surface area (Å²) in [6.45, 7) is 8.14. The lowest BCUT2D eigenvalue weighted by atomic mass is 10.2. The summed E-state index contributed by atoms with van der Waals surface area (Å²) in [6, 6.07) is 7.54. The van der Waals surface area contributed by atoms with Gasteiger partial charge in [0.1, 0.15) is 0 Å². The Morgan fingerprint density at radius 1 is 1.26 bits per heavy atom. The number of hydrogen-bond donors (Lipinski definition) is 2. The smallest absolute Gasteiger partial charge is 0.251 e. The fraction of sp³-hybridized carbons (Fsp3) is 0.533. The van der Waals surface area contributed by atoms with Gasteiger partial charge >= 0.3 is 0 Å². The summed E-state index contributed by atoms with van der Waals surface area (Å²) in [5.74, 6) is -0.0609. The number of ether oxygens (including phenoxy) is 1. The average molecular weight is 264 g/mol. The van der Waals surface area contributed by atoms with Crippen molar-refractivity contribution < 1.29 is 9.53 Å². The Balaban J connectivity index is 2.48. The van der Waals surface area contributed by atoms with Gasteiger partial charge in [-0.1, -0.05) is 6.92 Å². The lowest BCUT2D eigenvalue weighted by molar-refractivity contribution is 0.0872. The highest BCUT2D eigenvalue weighted by molar-refractivity contribution is 5.94. The van der Waals surface area contributed by atoms with E-state index in [9.17, 15) is 4.79 Å².